The molecule has 0 saturated heterocycles. The molecule has 1 aliphatic carbocycles. The van der Waals surface area contributed by atoms with Crippen LogP contribution in [0.1, 0.15) is 51.0 Å². The Morgan fingerprint density at radius 2 is 1.81 bits per heavy atom. The Morgan fingerprint density at radius 3 is 2.43 bits per heavy atom. The lowest BCUT2D eigenvalue weighted by molar-refractivity contribution is 0.244. The predicted molar refractivity (Wildman–Crippen MR) is 91.8 cm³/mol. The molecule has 1 aliphatic rings. The van der Waals surface area contributed by atoms with Gasteiger partial charge in [-0.1, -0.05) is 57.0 Å². The van der Waals surface area contributed by atoms with Crippen molar-refractivity contribution in [2.24, 2.45) is 5.92 Å². The zero-order valence-corrected chi connectivity index (χ0v) is 14.0. The van der Waals surface area contributed by atoms with E-state index in [1.165, 1.54) is 37.8 Å². The first-order chi connectivity index (χ1) is 10.2. The number of likely N-dealkylation sites (N-methyl/N-ethyl adjacent to an activating group) is 1. The van der Waals surface area contributed by atoms with E-state index in [9.17, 15) is 0 Å². The number of hydrogen-bond donors (Lipinski definition) is 1. The molecule has 2 nitrogen and oxygen atoms in total. The Balaban J connectivity index is 1.72. The van der Waals surface area contributed by atoms with E-state index in [2.05, 4.69) is 61.4 Å². The maximum atomic E-state index is 3.68. The van der Waals surface area contributed by atoms with Crippen LogP contribution in [0.3, 0.4) is 0 Å². The normalized spacial score (nSPS) is 17.8. The van der Waals surface area contributed by atoms with E-state index >= 15 is 0 Å². The molecule has 0 aliphatic heterocycles. The van der Waals surface area contributed by atoms with Gasteiger partial charge in [0.1, 0.15) is 0 Å². The minimum absolute atomic E-state index is 0.614. The third kappa shape index (κ3) is 5.12. The molecule has 2 heteroatoms. The second kappa shape index (κ2) is 8.55. The van der Waals surface area contributed by atoms with Gasteiger partial charge >= 0.3 is 0 Å². The fraction of sp³-hybridized carbons (Fsp3) is 0.684. The van der Waals surface area contributed by atoms with Crippen LogP contribution >= 0.6 is 0 Å². The topological polar surface area (TPSA) is 15.3 Å². The van der Waals surface area contributed by atoms with E-state index in [4.69, 9.17) is 0 Å². The Labute approximate surface area is 130 Å². The van der Waals surface area contributed by atoms with Crippen LogP contribution in [-0.2, 0) is 0 Å². The molecular weight excluding hydrogens is 256 g/mol. The highest BCUT2D eigenvalue weighted by molar-refractivity contribution is 5.20. The van der Waals surface area contributed by atoms with Crippen LogP contribution < -0.4 is 5.32 Å². The van der Waals surface area contributed by atoms with Gasteiger partial charge in [0, 0.05) is 25.7 Å². The van der Waals surface area contributed by atoms with Crippen LogP contribution in [0.5, 0.6) is 0 Å². The van der Waals surface area contributed by atoms with Crippen molar-refractivity contribution in [1.82, 2.24) is 10.2 Å². The number of benzene rings is 1. The van der Waals surface area contributed by atoms with Crippen molar-refractivity contribution >= 4 is 0 Å². The zero-order valence-electron chi connectivity index (χ0n) is 14.0. The third-order valence-corrected chi connectivity index (χ3v) is 4.99. The molecule has 0 aromatic heterocycles. The Bertz CT molecular complexity index is 382. The molecule has 2 rings (SSSR count). The monoisotopic (exact) mass is 288 g/mol. The smallest absolute Gasteiger partial charge is 0.0107 e. The average Bonchev–Trinajstić information content (AvgIpc) is 3.01. The molecule has 1 fully saturated rings. The lowest BCUT2D eigenvalue weighted by Gasteiger charge is -2.26. The predicted octanol–water partition coefficient (Wildman–Crippen LogP) is 3.89. The van der Waals surface area contributed by atoms with Crippen molar-refractivity contribution in [3.05, 3.63) is 35.9 Å². The van der Waals surface area contributed by atoms with E-state index < -0.39 is 0 Å². The van der Waals surface area contributed by atoms with Crippen LogP contribution in [-0.4, -0.2) is 37.6 Å². The summed E-state index contributed by atoms with van der Waals surface area (Å²) in [6, 6.07) is 11.8. The molecule has 0 heterocycles. The molecule has 1 aromatic carbocycles. The van der Waals surface area contributed by atoms with E-state index in [0.717, 1.165) is 19.1 Å². The molecule has 1 unspecified atom stereocenters. The molecule has 1 saturated carbocycles. The van der Waals surface area contributed by atoms with E-state index in [0.29, 0.717) is 11.8 Å². The summed E-state index contributed by atoms with van der Waals surface area (Å²) >= 11 is 0. The van der Waals surface area contributed by atoms with Gasteiger partial charge in [-0.25, -0.2) is 0 Å². The molecule has 21 heavy (non-hydrogen) atoms. The third-order valence-electron chi connectivity index (χ3n) is 4.99. The minimum atomic E-state index is 0.614. The molecule has 1 aromatic rings. The second-order valence-electron chi connectivity index (χ2n) is 6.88. The van der Waals surface area contributed by atoms with E-state index in [1.54, 1.807) is 0 Å². The lowest BCUT2D eigenvalue weighted by atomic mass is 9.88. The van der Waals surface area contributed by atoms with Gasteiger partial charge in [0.2, 0.25) is 0 Å². The van der Waals surface area contributed by atoms with Gasteiger partial charge in [-0.05, 0) is 37.3 Å². The second-order valence-corrected chi connectivity index (χ2v) is 6.88. The van der Waals surface area contributed by atoms with Crippen molar-refractivity contribution < 1.29 is 0 Å². The zero-order chi connectivity index (χ0) is 15.1. The highest BCUT2D eigenvalue weighted by Gasteiger charge is 2.19. The Morgan fingerprint density at radius 1 is 1.14 bits per heavy atom. The molecule has 0 bridgehead atoms. The number of nitrogens with zero attached hydrogens (tertiary/aromatic N) is 1. The van der Waals surface area contributed by atoms with Crippen LogP contribution in [0, 0.1) is 5.92 Å². The van der Waals surface area contributed by atoms with Crippen LogP contribution in [0.2, 0.25) is 0 Å². The summed E-state index contributed by atoms with van der Waals surface area (Å²) < 4.78 is 0. The minimum Gasteiger partial charge on any atom is -0.315 e. The number of rotatable bonds is 8. The quantitative estimate of drug-likeness (QED) is 0.730. The van der Waals surface area contributed by atoms with Crippen molar-refractivity contribution in [1.29, 1.82) is 0 Å². The molecule has 0 amide bonds. The van der Waals surface area contributed by atoms with Crippen molar-refractivity contribution in [2.45, 2.75) is 51.5 Å². The summed E-state index contributed by atoms with van der Waals surface area (Å²) in [5.74, 6) is 1.29. The summed E-state index contributed by atoms with van der Waals surface area (Å²) in [4.78, 5) is 2.55. The fourth-order valence-electron chi connectivity index (χ4n) is 3.48. The van der Waals surface area contributed by atoms with Gasteiger partial charge < -0.3 is 10.2 Å². The molecule has 1 N–H and O–H groups in total. The largest absolute Gasteiger partial charge is 0.315 e. The SMILES string of the molecule is CC(C)C(CNCCN(C)C1CCCC1)c1ccccc1. The maximum absolute atomic E-state index is 3.68. The standard InChI is InChI=1S/C19H32N2/c1-16(2)19(17-9-5-4-6-10-17)15-20-13-14-21(3)18-11-7-8-12-18/h4-6,9-10,16,18-20H,7-8,11-15H2,1-3H3. The van der Waals surface area contributed by atoms with E-state index in [-0.39, 0.29) is 0 Å². The summed E-state index contributed by atoms with van der Waals surface area (Å²) in [6.07, 6.45) is 5.64. The first kappa shape index (κ1) is 16.5. The van der Waals surface area contributed by atoms with Gasteiger partial charge in [-0.2, -0.15) is 0 Å². The Kier molecular flexibility index (Phi) is 6.72. The number of hydrogen-bond acceptors (Lipinski definition) is 2. The Hall–Kier alpha value is -0.860. The van der Waals surface area contributed by atoms with Gasteiger partial charge in [-0.3, -0.25) is 0 Å². The molecule has 118 valence electrons. The summed E-state index contributed by atoms with van der Waals surface area (Å²) in [5.41, 5.74) is 1.46. The maximum Gasteiger partial charge on any atom is 0.0107 e. The van der Waals surface area contributed by atoms with Gasteiger partial charge in [0.15, 0.2) is 0 Å². The van der Waals surface area contributed by atoms with Crippen LogP contribution in [0.25, 0.3) is 0 Å². The fourth-order valence-corrected chi connectivity index (χ4v) is 3.48. The van der Waals surface area contributed by atoms with E-state index in [1.807, 2.05) is 0 Å². The summed E-state index contributed by atoms with van der Waals surface area (Å²) in [7, 11) is 2.29. The molecule has 1 atom stereocenters. The van der Waals surface area contributed by atoms with Crippen molar-refractivity contribution in [3.63, 3.8) is 0 Å². The highest BCUT2D eigenvalue weighted by atomic mass is 15.1. The van der Waals surface area contributed by atoms with Gasteiger partial charge in [-0.15, -0.1) is 0 Å². The molecule has 0 radical (unpaired) electrons. The van der Waals surface area contributed by atoms with Gasteiger partial charge in [0.25, 0.3) is 0 Å². The molecule has 0 spiro atoms. The van der Waals surface area contributed by atoms with Crippen LogP contribution in [0.4, 0.5) is 0 Å². The average molecular weight is 288 g/mol. The summed E-state index contributed by atoms with van der Waals surface area (Å²) in [5, 5.41) is 3.68. The lowest BCUT2D eigenvalue weighted by Crippen LogP contribution is -2.37. The van der Waals surface area contributed by atoms with Gasteiger partial charge in [0.05, 0.1) is 0 Å². The highest BCUT2D eigenvalue weighted by Crippen LogP contribution is 2.23. The molecular formula is C19H32N2. The van der Waals surface area contributed by atoms with Crippen molar-refractivity contribution in [2.75, 3.05) is 26.7 Å². The first-order valence-electron chi connectivity index (χ1n) is 8.64. The summed E-state index contributed by atoms with van der Waals surface area (Å²) in [6.45, 7) is 8.00. The number of nitrogens with one attached hydrogen (secondary N) is 1. The van der Waals surface area contributed by atoms with Crippen LogP contribution in [0.15, 0.2) is 30.3 Å². The van der Waals surface area contributed by atoms with Crippen molar-refractivity contribution in [3.8, 4) is 0 Å². The first-order valence-corrected chi connectivity index (χ1v) is 8.64.